The predicted octanol–water partition coefficient (Wildman–Crippen LogP) is 3.98. The van der Waals surface area contributed by atoms with Crippen molar-refractivity contribution in [1.29, 1.82) is 0 Å². The van der Waals surface area contributed by atoms with Gasteiger partial charge in [-0.25, -0.2) is 0 Å². The molecule has 4 aromatic rings. The summed E-state index contributed by atoms with van der Waals surface area (Å²) in [6, 6.07) is 17.9. The van der Waals surface area contributed by atoms with Crippen molar-refractivity contribution < 1.29 is 4.79 Å². The highest BCUT2D eigenvalue weighted by Crippen LogP contribution is 2.28. The Morgan fingerprint density at radius 1 is 0.963 bits per heavy atom. The normalized spacial score (nSPS) is 13.6. The molecular weight excluding hydrogens is 336 g/mol. The molecule has 2 aromatic carbocycles. The minimum Gasteiger partial charge on any atom is -0.383 e. The molecule has 0 saturated heterocycles. The summed E-state index contributed by atoms with van der Waals surface area (Å²) in [5.74, 6) is 0.326. The number of aromatic nitrogens is 3. The first kappa shape index (κ1) is 15.9. The van der Waals surface area contributed by atoms with Crippen molar-refractivity contribution in [1.82, 2.24) is 14.3 Å². The maximum Gasteiger partial charge on any atom is 0.280 e. The fourth-order valence-corrected chi connectivity index (χ4v) is 4.01. The highest BCUT2D eigenvalue weighted by molar-refractivity contribution is 6.08. The second-order valence-electron chi connectivity index (χ2n) is 6.99. The van der Waals surface area contributed by atoms with Crippen molar-refractivity contribution in [2.75, 3.05) is 5.73 Å². The van der Waals surface area contributed by atoms with Crippen molar-refractivity contribution in [3.63, 3.8) is 0 Å². The molecule has 27 heavy (non-hydrogen) atoms. The van der Waals surface area contributed by atoms with E-state index in [0.29, 0.717) is 11.4 Å². The van der Waals surface area contributed by atoms with Gasteiger partial charge >= 0.3 is 0 Å². The van der Waals surface area contributed by atoms with Crippen LogP contribution in [0.15, 0.2) is 60.8 Å². The van der Waals surface area contributed by atoms with E-state index in [1.54, 1.807) is 0 Å². The number of hydrogen-bond donors (Lipinski definition) is 1. The molecule has 5 heteroatoms. The molecule has 0 amide bonds. The maximum absolute atomic E-state index is 13.3. The molecule has 1 aliphatic rings. The van der Waals surface area contributed by atoms with Crippen LogP contribution in [0.5, 0.6) is 0 Å². The lowest BCUT2D eigenvalue weighted by Gasteiger charge is -2.09. The van der Waals surface area contributed by atoms with Crippen molar-refractivity contribution in [2.45, 2.75) is 25.7 Å². The van der Waals surface area contributed by atoms with Gasteiger partial charge in [0.2, 0.25) is 0 Å². The predicted molar refractivity (Wildman–Crippen MR) is 106 cm³/mol. The third-order valence-corrected chi connectivity index (χ3v) is 5.39. The SMILES string of the molecule is Nc1c2c(nn1C(=O)c1cccc3c1ccn3-c1ccccc1)CCCC2. The number of carbonyl (C=O) groups excluding carboxylic acids is 1. The lowest BCUT2D eigenvalue weighted by atomic mass is 9.98. The minimum absolute atomic E-state index is 0.168. The van der Waals surface area contributed by atoms with Gasteiger partial charge in [-0.15, -0.1) is 0 Å². The fourth-order valence-electron chi connectivity index (χ4n) is 4.01. The summed E-state index contributed by atoms with van der Waals surface area (Å²) in [5.41, 5.74) is 11.0. The van der Waals surface area contributed by atoms with Crippen LogP contribution in [0.1, 0.15) is 34.5 Å². The van der Waals surface area contributed by atoms with Gasteiger partial charge in [-0.3, -0.25) is 4.79 Å². The highest BCUT2D eigenvalue weighted by Gasteiger charge is 2.24. The van der Waals surface area contributed by atoms with Crippen molar-refractivity contribution in [3.8, 4) is 5.69 Å². The van der Waals surface area contributed by atoms with Gasteiger partial charge in [0.25, 0.3) is 5.91 Å². The summed E-state index contributed by atoms with van der Waals surface area (Å²) < 4.78 is 3.48. The first-order chi connectivity index (χ1) is 13.2. The van der Waals surface area contributed by atoms with Gasteiger partial charge in [0, 0.05) is 22.8 Å². The summed E-state index contributed by atoms with van der Waals surface area (Å²) in [6.45, 7) is 0. The molecule has 2 heterocycles. The highest BCUT2D eigenvalue weighted by atomic mass is 16.2. The average Bonchev–Trinajstić information content (AvgIpc) is 3.30. The Bertz CT molecular complexity index is 1150. The van der Waals surface area contributed by atoms with Crippen LogP contribution in [-0.4, -0.2) is 20.3 Å². The second-order valence-corrected chi connectivity index (χ2v) is 6.99. The van der Waals surface area contributed by atoms with Crippen LogP contribution in [-0.2, 0) is 12.8 Å². The Balaban J connectivity index is 1.63. The standard InChI is InChI=1S/C22H20N4O/c23-21-18-9-4-5-11-19(18)24-26(21)22(27)17-10-6-12-20-16(17)13-14-25(20)15-7-2-1-3-8-15/h1-3,6-8,10,12-14H,4-5,9,11,23H2. The summed E-state index contributed by atoms with van der Waals surface area (Å²) >= 11 is 0. The van der Waals surface area contributed by atoms with Crippen LogP contribution >= 0.6 is 0 Å². The fraction of sp³-hybridized carbons (Fsp3) is 0.182. The summed E-state index contributed by atoms with van der Waals surface area (Å²) in [6.07, 6.45) is 6.01. The van der Waals surface area contributed by atoms with Crippen molar-refractivity contribution in [3.05, 3.63) is 77.6 Å². The lowest BCUT2D eigenvalue weighted by molar-refractivity contribution is 0.0949. The van der Waals surface area contributed by atoms with Gasteiger partial charge in [0.05, 0.1) is 16.8 Å². The average molecular weight is 356 g/mol. The number of fused-ring (bicyclic) bond motifs is 2. The van der Waals surface area contributed by atoms with E-state index in [2.05, 4.69) is 9.67 Å². The molecule has 0 aliphatic heterocycles. The van der Waals surface area contributed by atoms with Gasteiger partial charge in [-0.1, -0.05) is 24.3 Å². The zero-order valence-corrected chi connectivity index (χ0v) is 14.9. The Morgan fingerprint density at radius 3 is 2.59 bits per heavy atom. The topological polar surface area (TPSA) is 65.8 Å². The van der Waals surface area contributed by atoms with E-state index in [-0.39, 0.29) is 5.91 Å². The second kappa shape index (κ2) is 6.13. The molecule has 5 rings (SSSR count). The molecule has 2 aromatic heterocycles. The van der Waals surface area contributed by atoms with Crippen LogP contribution < -0.4 is 5.73 Å². The first-order valence-electron chi connectivity index (χ1n) is 9.30. The number of anilines is 1. The number of hydrogen-bond acceptors (Lipinski definition) is 3. The van der Waals surface area contributed by atoms with Crippen LogP contribution in [0.4, 0.5) is 5.82 Å². The molecule has 0 saturated carbocycles. The molecular formula is C22H20N4O. The molecule has 0 fully saturated rings. The Hall–Kier alpha value is -3.34. The Labute approximate surface area is 157 Å². The molecule has 0 radical (unpaired) electrons. The van der Waals surface area contributed by atoms with Crippen LogP contribution in [0.3, 0.4) is 0 Å². The third kappa shape index (κ3) is 2.46. The van der Waals surface area contributed by atoms with Crippen LogP contribution in [0.2, 0.25) is 0 Å². The third-order valence-electron chi connectivity index (χ3n) is 5.39. The summed E-state index contributed by atoms with van der Waals surface area (Å²) in [5, 5.41) is 5.44. The van der Waals surface area contributed by atoms with E-state index >= 15 is 0 Å². The van der Waals surface area contributed by atoms with Crippen molar-refractivity contribution in [2.24, 2.45) is 0 Å². The van der Waals surface area contributed by atoms with E-state index in [4.69, 9.17) is 5.73 Å². The summed E-state index contributed by atoms with van der Waals surface area (Å²) in [4.78, 5) is 13.3. The number of nitrogens with zero attached hydrogens (tertiary/aromatic N) is 3. The zero-order valence-electron chi connectivity index (χ0n) is 14.9. The van der Waals surface area contributed by atoms with Gasteiger partial charge in [0.15, 0.2) is 0 Å². The molecule has 2 N–H and O–H groups in total. The quantitative estimate of drug-likeness (QED) is 0.591. The molecule has 0 bridgehead atoms. The largest absolute Gasteiger partial charge is 0.383 e. The number of rotatable bonds is 2. The number of nitrogens with two attached hydrogens (primary N) is 1. The molecule has 1 aliphatic carbocycles. The zero-order chi connectivity index (χ0) is 18.4. The Morgan fingerprint density at radius 2 is 1.78 bits per heavy atom. The lowest BCUT2D eigenvalue weighted by Crippen LogP contribution is -2.16. The number of benzene rings is 2. The van der Waals surface area contributed by atoms with E-state index in [1.165, 1.54) is 4.68 Å². The minimum atomic E-state index is -0.168. The van der Waals surface area contributed by atoms with Crippen molar-refractivity contribution >= 4 is 22.6 Å². The monoisotopic (exact) mass is 356 g/mol. The Kier molecular flexibility index (Phi) is 3.60. The summed E-state index contributed by atoms with van der Waals surface area (Å²) in [7, 11) is 0. The number of para-hydroxylation sites is 1. The van der Waals surface area contributed by atoms with E-state index in [1.807, 2.05) is 60.8 Å². The van der Waals surface area contributed by atoms with Gasteiger partial charge in [-0.05, 0) is 56.0 Å². The molecule has 5 nitrogen and oxygen atoms in total. The smallest absolute Gasteiger partial charge is 0.280 e. The number of aryl methyl sites for hydroxylation is 1. The number of carbonyl (C=O) groups is 1. The van der Waals surface area contributed by atoms with E-state index < -0.39 is 0 Å². The van der Waals surface area contributed by atoms with Gasteiger partial charge in [0.1, 0.15) is 5.82 Å². The van der Waals surface area contributed by atoms with Crippen LogP contribution in [0, 0.1) is 0 Å². The maximum atomic E-state index is 13.3. The number of nitrogen functional groups attached to an aromatic ring is 1. The van der Waals surface area contributed by atoms with E-state index in [0.717, 1.165) is 53.5 Å². The first-order valence-corrected chi connectivity index (χ1v) is 9.30. The van der Waals surface area contributed by atoms with Gasteiger partial charge in [-0.2, -0.15) is 9.78 Å². The molecule has 0 unspecified atom stereocenters. The van der Waals surface area contributed by atoms with E-state index in [9.17, 15) is 4.79 Å². The molecule has 0 atom stereocenters. The van der Waals surface area contributed by atoms with Gasteiger partial charge < -0.3 is 10.3 Å². The molecule has 0 spiro atoms. The molecule has 134 valence electrons. The van der Waals surface area contributed by atoms with Crippen LogP contribution in [0.25, 0.3) is 16.6 Å².